The number of nitrogens with zero attached hydrogens (tertiary/aromatic N) is 2. The summed E-state index contributed by atoms with van der Waals surface area (Å²) in [6.07, 6.45) is 0. The van der Waals surface area contributed by atoms with E-state index < -0.39 is 0 Å². The van der Waals surface area contributed by atoms with Crippen LogP contribution < -0.4 is 9.80 Å². The van der Waals surface area contributed by atoms with Crippen molar-refractivity contribution in [3.63, 3.8) is 0 Å². The second kappa shape index (κ2) is 15.4. The van der Waals surface area contributed by atoms with Gasteiger partial charge in [0.15, 0.2) is 0 Å². The van der Waals surface area contributed by atoms with Gasteiger partial charge in [-0.15, -0.1) is 22.7 Å². The van der Waals surface area contributed by atoms with Gasteiger partial charge in [-0.2, -0.15) is 0 Å². The molecule has 3 heterocycles. The van der Waals surface area contributed by atoms with Gasteiger partial charge in [0.2, 0.25) is 0 Å². The molecule has 0 aliphatic carbocycles. The standard InChI is InChI=1S/C60H38N2OS2/c1-4-16-41(17-5-1)61(42-18-6-2-7-19-42)45-35-50(59-53(37-45)48-23-11-14-26-57(48)64-59)39-28-30-40(31-29-39)51-36-46(38-54-49-24-12-15-27-58(49)65-60(51)54)62(43-20-8-3-9-21-43)44-32-33-56-52(34-44)47-22-10-13-25-55(47)63-56/h1-38H. The molecule has 0 fully saturated rings. The third kappa shape index (κ3) is 6.39. The van der Waals surface area contributed by atoms with Gasteiger partial charge >= 0.3 is 0 Å². The van der Waals surface area contributed by atoms with Crippen molar-refractivity contribution in [2.75, 3.05) is 9.80 Å². The molecule has 0 radical (unpaired) electrons. The molecule has 10 aromatic carbocycles. The first-order valence-corrected chi connectivity index (χ1v) is 23.5. The van der Waals surface area contributed by atoms with Crippen LogP contribution in [0.1, 0.15) is 0 Å². The molecule has 5 heteroatoms. The Balaban J connectivity index is 0.998. The zero-order chi connectivity index (χ0) is 42.8. The maximum Gasteiger partial charge on any atom is 0.135 e. The van der Waals surface area contributed by atoms with Crippen molar-refractivity contribution in [3.8, 4) is 22.3 Å². The molecule has 65 heavy (non-hydrogen) atoms. The minimum atomic E-state index is 0.884. The molecule has 0 atom stereocenters. The van der Waals surface area contributed by atoms with Gasteiger partial charge in [-0.25, -0.2) is 0 Å². The summed E-state index contributed by atoms with van der Waals surface area (Å²) < 4.78 is 11.4. The van der Waals surface area contributed by atoms with Gasteiger partial charge in [-0.3, -0.25) is 0 Å². The van der Waals surface area contributed by atoms with E-state index in [1.165, 1.54) is 62.6 Å². The van der Waals surface area contributed by atoms with Crippen molar-refractivity contribution in [1.82, 2.24) is 0 Å². The Kier molecular flexibility index (Phi) is 8.90. The molecule has 0 N–H and O–H groups in total. The Morgan fingerprint density at radius 1 is 0.277 bits per heavy atom. The van der Waals surface area contributed by atoms with Crippen LogP contribution in [-0.4, -0.2) is 0 Å². The van der Waals surface area contributed by atoms with Crippen molar-refractivity contribution in [2.24, 2.45) is 0 Å². The van der Waals surface area contributed by atoms with Gasteiger partial charge in [0, 0.05) is 96.4 Å². The maximum absolute atomic E-state index is 6.29. The smallest absolute Gasteiger partial charge is 0.135 e. The van der Waals surface area contributed by atoms with Gasteiger partial charge in [0.25, 0.3) is 0 Å². The molecule has 0 aliphatic heterocycles. The molecule has 3 aromatic heterocycles. The maximum atomic E-state index is 6.29. The molecule has 13 rings (SSSR count). The summed E-state index contributed by atoms with van der Waals surface area (Å²) >= 11 is 3.74. The molecule has 3 nitrogen and oxygen atoms in total. The highest BCUT2D eigenvalue weighted by atomic mass is 32.1. The molecule has 0 unspecified atom stereocenters. The molecule has 13 aromatic rings. The quantitative estimate of drug-likeness (QED) is 0.152. The van der Waals surface area contributed by atoms with E-state index in [1.54, 1.807) is 0 Å². The van der Waals surface area contributed by atoms with E-state index in [-0.39, 0.29) is 0 Å². The fraction of sp³-hybridized carbons (Fsp3) is 0. The third-order valence-electron chi connectivity index (χ3n) is 12.6. The van der Waals surface area contributed by atoms with Crippen molar-refractivity contribution < 1.29 is 4.42 Å². The molecule has 0 bridgehead atoms. The number of fused-ring (bicyclic) bond motifs is 9. The Bertz CT molecular complexity index is 3850. The molecule has 0 saturated carbocycles. The Labute approximate surface area is 383 Å². The number of anilines is 6. The zero-order valence-corrected chi connectivity index (χ0v) is 36.7. The van der Waals surface area contributed by atoms with Crippen molar-refractivity contribution in [2.45, 2.75) is 0 Å². The van der Waals surface area contributed by atoms with Crippen molar-refractivity contribution in [1.29, 1.82) is 0 Å². The van der Waals surface area contributed by atoms with Crippen LogP contribution in [0, 0.1) is 0 Å². The minimum Gasteiger partial charge on any atom is -0.456 e. The Morgan fingerprint density at radius 3 is 1.18 bits per heavy atom. The summed E-state index contributed by atoms with van der Waals surface area (Å²) in [6, 6.07) is 83.4. The Hall–Kier alpha value is -7.96. The summed E-state index contributed by atoms with van der Waals surface area (Å²) in [4.78, 5) is 4.76. The topological polar surface area (TPSA) is 19.6 Å². The molecular weight excluding hydrogens is 829 g/mol. The number of para-hydroxylation sites is 4. The van der Waals surface area contributed by atoms with Crippen LogP contribution in [0.5, 0.6) is 0 Å². The first-order valence-electron chi connectivity index (χ1n) is 21.9. The largest absolute Gasteiger partial charge is 0.456 e. The first kappa shape index (κ1) is 37.6. The third-order valence-corrected chi connectivity index (χ3v) is 15.1. The predicted molar refractivity (Wildman–Crippen MR) is 280 cm³/mol. The number of hydrogen-bond acceptors (Lipinski definition) is 5. The second-order valence-electron chi connectivity index (χ2n) is 16.5. The van der Waals surface area contributed by atoms with E-state index in [9.17, 15) is 0 Å². The predicted octanol–water partition coefficient (Wildman–Crippen LogP) is 18.6. The van der Waals surface area contributed by atoms with Crippen molar-refractivity contribution in [3.05, 3.63) is 231 Å². The molecule has 0 amide bonds. The lowest BCUT2D eigenvalue weighted by atomic mass is 9.96. The van der Waals surface area contributed by atoms with Gasteiger partial charge in [-0.05, 0) is 108 Å². The fourth-order valence-electron chi connectivity index (χ4n) is 9.62. The van der Waals surface area contributed by atoms with E-state index in [0.29, 0.717) is 0 Å². The zero-order valence-electron chi connectivity index (χ0n) is 35.1. The van der Waals surface area contributed by atoms with Gasteiger partial charge in [0.05, 0.1) is 0 Å². The first-order chi connectivity index (χ1) is 32.2. The minimum absolute atomic E-state index is 0.884. The van der Waals surface area contributed by atoms with Gasteiger partial charge in [0.1, 0.15) is 11.2 Å². The molecule has 306 valence electrons. The number of benzene rings is 10. The van der Waals surface area contributed by atoms with Gasteiger partial charge in [-0.1, -0.05) is 133 Å². The van der Waals surface area contributed by atoms with E-state index >= 15 is 0 Å². The van der Waals surface area contributed by atoms with Crippen LogP contribution in [0.4, 0.5) is 34.1 Å². The number of furan rings is 1. The lowest BCUT2D eigenvalue weighted by Crippen LogP contribution is -2.10. The Morgan fingerprint density at radius 2 is 0.677 bits per heavy atom. The molecule has 0 saturated heterocycles. The van der Waals surface area contributed by atoms with Crippen LogP contribution >= 0.6 is 22.7 Å². The fourth-order valence-corrected chi connectivity index (χ4v) is 12.1. The summed E-state index contributed by atoms with van der Waals surface area (Å²) in [6.45, 7) is 0. The van der Waals surface area contributed by atoms with Crippen LogP contribution in [-0.2, 0) is 0 Å². The van der Waals surface area contributed by atoms with E-state index in [4.69, 9.17) is 4.42 Å². The molecular formula is C60H38N2OS2. The van der Waals surface area contributed by atoms with E-state index in [0.717, 1.165) is 56.1 Å². The lowest BCUT2D eigenvalue weighted by Gasteiger charge is -2.26. The number of hydrogen-bond donors (Lipinski definition) is 0. The van der Waals surface area contributed by atoms with Crippen molar-refractivity contribution >= 4 is 119 Å². The van der Waals surface area contributed by atoms with Crippen LogP contribution in [0.3, 0.4) is 0 Å². The highest BCUT2D eigenvalue weighted by Gasteiger charge is 2.22. The second-order valence-corrected chi connectivity index (χ2v) is 18.6. The molecule has 0 spiro atoms. The lowest BCUT2D eigenvalue weighted by molar-refractivity contribution is 0.669. The van der Waals surface area contributed by atoms with Crippen LogP contribution in [0.15, 0.2) is 235 Å². The SMILES string of the molecule is c1ccc(N(c2ccccc2)c2cc(-c3ccc(-c4cc(N(c5ccccc5)c5ccc6oc7ccccc7c6c5)cc5c4sc4ccccc45)cc3)c3sc4ccccc4c3c2)cc1. The number of thiophene rings is 2. The number of rotatable bonds is 8. The van der Waals surface area contributed by atoms with E-state index in [2.05, 4.69) is 228 Å². The summed E-state index contributed by atoms with van der Waals surface area (Å²) in [7, 11) is 0. The summed E-state index contributed by atoms with van der Waals surface area (Å²) in [5, 5.41) is 7.27. The van der Waals surface area contributed by atoms with Crippen LogP contribution in [0.25, 0.3) is 84.5 Å². The van der Waals surface area contributed by atoms with Crippen LogP contribution in [0.2, 0.25) is 0 Å². The van der Waals surface area contributed by atoms with E-state index in [1.807, 2.05) is 34.8 Å². The highest BCUT2D eigenvalue weighted by Crippen LogP contribution is 2.49. The highest BCUT2D eigenvalue weighted by molar-refractivity contribution is 7.26. The monoisotopic (exact) mass is 866 g/mol. The average molecular weight is 867 g/mol. The average Bonchev–Trinajstić information content (AvgIpc) is 4.06. The normalized spacial score (nSPS) is 11.7. The summed E-state index contributed by atoms with van der Waals surface area (Å²) in [5.41, 5.74) is 13.2. The van der Waals surface area contributed by atoms with Gasteiger partial charge < -0.3 is 14.2 Å². The molecule has 0 aliphatic rings. The summed E-state index contributed by atoms with van der Waals surface area (Å²) in [5.74, 6) is 0.